The van der Waals surface area contributed by atoms with E-state index in [1.165, 1.54) is 22.3 Å². The van der Waals surface area contributed by atoms with Gasteiger partial charge in [0, 0.05) is 11.1 Å². The molecular weight excluding hydrogens is 230 g/mol. The first-order valence-electron chi connectivity index (χ1n) is 5.40. The maximum atomic E-state index is 4.00. The van der Waals surface area contributed by atoms with Crippen molar-refractivity contribution in [2.24, 2.45) is 0 Å². The minimum Gasteiger partial charge on any atom is -0.379 e. The smallest absolute Gasteiger partial charge is 0.0946 e. The van der Waals surface area contributed by atoms with E-state index >= 15 is 0 Å². The minimum atomic E-state index is 0.717. The van der Waals surface area contributed by atoms with Gasteiger partial charge in [-0.05, 0) is 34.4 Å². The van der Waals surface area contributed by atoms with E-state index in [1.54, 1.807) is 0 Å². The third-order valence-corrected chi connectivity index (χ3v) is 3.18. The molecule has 0 aliphatic heterocycles. The summed E-state index contributed by atoms with van der Waals surface area (Å²) in [6.45, 7) is 0.717. The molecule has 0 aliphatic rings. The first-order valence-corrected chi connectivity index (χ1v) is 6.24. The van der Waals surface area contributed by atoms with Crippen LogP contribution >= 0.6 is 11.5 Å². The van der Waals surface area contributed by atoms with E-state index in [1.807, 2.05) is 5.38 Å². The van der Waals surface area contributed by atoms with Crippen molar-refractivity contribution in [1.29, 1.82) is 0 Å². The van der Waals surface area contributed by atoms with Gasteiger partial charge in [-0.1, -0.05) is 34.8 Å². The highest BCUT2D eigenvalue weighted by atomic mass is 32.1. The van der Waals surface area contributed by atoms with Gasteiger partial charge in [0.15, 0.2) is 0 Å². The summed E-state index contributed by atoms with van der Waals surface area (Å²) in [6.07, 6.45) is 0. The zero-order chi connectivity index (χ0) is 11.5. The van der Waals surface area contributed by atoms with E-state index in [0.29, 0.717) is 0 Å². The second-order valence-electron chi connectivity index (χ2n) is 3.81. The van der Waals surface area contributed by atoms with Gasteiger partial charge in [0.1, 0.15) is 0 Å². The lowest BCUT2D eigenvalue weighted by Gasteiger charge is -2.05. The summed E-state index contributed by atoms with van der Waals surface area (Å²) in [4.78, 5) is 0. The second-order valence-corrected chi connectivity index (χ2v) is 4.42. The summed E-state index contributed by atoms with van der Waals surface area (Å²) in [5.74, 6) is 0. The molecule has 3 nitrogen and oxygen atoms in total. The fraction of sp³-hybridized carbons (Fsp3) is 0.0769. The van der Waals surface area contributed by atoms with Gasteiger partial charge in [0.05, 0.1) is 12.2 Å². The third-order valence-electron chi connectivity index (χ3n) is 2.63. The first-order chi connectivity index (χ1) is 8.42. The molecule has 3 rings (SSSR count). The van der Waals surface area contributed by atoms with Crippen molar-refractivity contribution in [2.45, 2.75) is 6.54 Å². The number of fused-ring (bicyclic) bond motifs is 1. The van der Waals surface area contributed by atoms with Crippen LogP contribution in [0.2, 0.25) is 0 Å². The highest BCUT2D eigenvalue weighted by Crippen LogP contribution is 2.19. The lowest BCUT2D eigenvalue weighted by atomic mass is 10.1. The molecule has 1 aromatic heterocycles. The van der Waals surface area contributed by atoms with Crippen LogP contribution in [0.1, 0.15) is 5.69 Å². The lowest BCUT2D eigenvalue weighted by molar-refractivity contribution is 0.999. The molecule has 0 spiro atoms. The molecule has 0 unspecified atom stereocenters. The molecular formula is C13H11N3S. The van der Waals surface area contributed by atoms with Crippen molar-refractivity contribution in [2.75, 3.05) is 5.32 Å². The standard InChI is InChI=1S/C13H11N3S/c1-2-4-11-7-12(6-5-10(11)3-1)14-8-13-9-17-16-15-13/h1-7,9,14H,8H2. The van der Waals surface area contributed by atoms with Gasteiger partial charge in [0.2, 0.25) is 0 Å². The molecule has 4 heteroatoms. The van der Waals surface area contributed by atoms with Crippen LogP contribution in [0.15, 0.2) is 47.8 Å². The summed E-state index contributed by atoms with van der Waals surface area (Å²) >= 11 is 1.38. The number of rotatable bonds is 3. The maximum absolute atomic E-state index is 4.00. The summed E-state index contributed by atoms with van der Waals surface area (Å²) < 4.78 is 3.84. The van der Waals surface area contributed by atoms with Crippen molar-refractivity contribution in [3.05, 3.63) is 53.5 Å². The summed E-state index contributed by atoms with van der Waals surface area (Å²) in [5, 5.41) is 11.8. The molecule has 84 valence electrons. The molecule has 0 radical (unpaired) electrons. The van der Waals surface area contributed by atoms with Crippen LogP contribution in [-0.2, 0) is 6.54 Å². The Kier molecular flexibility index (Phi) is 2.71. The molecule has 3 aromatic rings. The SMILES string of the molecule is c1ccc2cc(NCc3csnn3)ccc2c1. The van der Waals surface area contributed by atoms with Crippen molar-refractivity contribution >= 4 is 28.0 Å². The van der Waals surface area contributed by atoms with Crippen LogP contribution in [0, 0.1) is 0 Å². The number of nitrogens with zero attached hydrogens (tertiary/aromatic N) is 2. The third kappa shape index (κ3) is 2.26. The predicted molar refractivity (Wildman–Crippen MR) is 71.2 cm³/mol. The average molecular weight is 241 g/mol. The molecule has 0 bridgehead atoms. The van der Waals surface area contributed by atoms with Crippen LogP contribution < -0.4 is 5.32 Å². The molecule has 1 N–H and O–H groups in total. The van der Waals surface area contributed by atoms with Gasteiger partial charge in [0.25, 0.3) is 0 Å². The van der Waals surface area contributed by atoms with Crippen LogP contribution in [0.4, 0.5) is 5.69 Å². The van der Waals surface area contributed by atoms with E-state index in [2.05, 4.69) is 57.4 Å². The molecule has 0 fully saturated rings. The van der Waals surface area contributed by atoms with Gasteiger partial charge in [-0.15, -0.1) is 5.10 Å². The number of hydrogen-bond donors (Lipinski definition) is 1. The number of aromatic nitrogens is 2. The van der Waals surface area contributed by atoms with E-state index < -0.39 is 0 Å². The van der Waals surface area contributed by atoms with E-state index in [9.17, 15) is 0 Å². The van der Waals surface area contributed by atoms with Gasteiger partial charge in [-0.25, -0.2) is 0 Å². The van der Waals surface area contributed by atoms with Crippen LogP contribution in [-0.4, -0.2) is 9.59 Å². The van der Waals surface area contributed by atoms with Gasteiger partial charge < -0.3 is 5.32 Å². The van der Waals surface area contributed by atoms with Crippen molar-refractivity contribution in [3.63, 3.8) is 0 Å². The zero-order valence-electron chi connectivity index (χ0n) is 9.13. The molecule has 0 saturated heterocycles. The van der Waals surface area contributed by atoms with Crippen molar-refractivity contribution in [3.8, 4) is 0 Å². The number of nitrogens with one attached hydrogen (secondary N) is 1. The molecule has 1 heterocycles. The molecule has 0 amide bonds. The topological polar surface area (TPSA) is 37.8 Å². The quantitative estimate of drug-likeness (QED) is 0.764. The fourth-order valence-electron chi connectivity index (χ4n) is 1.75. The highest BCUT2D eigenvalue weighted by molar-refractivity contribution is 7.03. The Morgan fingerprint density at radius 3 is 2.76 bits per heavy atom. The predicted octanol–water partition coefficient (Wildman–Crippen LogP) is 3.30. The Morgan fingerprint density at radius 1 is 1.06 bits per heavy atom. The monoisotopic (exact) mass is 241 g/mol. The lowest BCUT2D eigenvalue weighted by Crippen LogP contribution is -1.99. The number of hydrogen-bond acceptors (Lipinski definition) is 4. The number of benzene rings is 2. The Morgan fingerprint density at radius 2 is 1.94 bits per heavy atom. The largest absolute Gasteiger partial charge is 0.379 e. The Hall–Kier alpha value is -1.94. The molecule has 17 heavy (non-hydrogen) atoms. The Labute approximate surface area is 103 Å². The fourth-order valence-corrected chi connectivity index (χ4v) is 2.20. The van der Waals surface area contributed by atoms with E-state index in [-0.39, 0.29) is 0 Å². The second kappa shape index (κ2) is 4.51. The summed E-state index contributed by atoms with van der Waals surface area (Å²) in [7, 11) is 0. The molecule has 0 saturated carbocycles. The molecule has 0 aliphatic carbocycles. The van der Waals surface area contributed by atoms with E-state index in [0.717, 1.165) is 17.9 Å². The van der Waals surface area contributed by atoms with Gasteiger partial charge >= 0.3 is 0 Å². The maximum Gasteiger partial charge on any atom is 0.0946 e. The average Bonchev–Trinajstić information content (AvgIpc) is 2.89. The summed E-state index contributed by atoms with van der Waals surface area (Å²) in [5.41, 5.74) is 2.08. The zero-order valence-corrected chi connectivity index (χ0v) is 9.95. The Balaban J connectivity index is 1.81. The van der Waals surface area contributed by atoms with Gasteiger partial charge in [-0.3, -0.25) is 0 Å². The van der Waals surface area contributed by atoms with Crippen LogP contribution in [0.25, 0.3) is 10.8 Å². The summed E-state index contributed by atoms with van der Waals surface area (Å²) in [6, 6.07) is 14.7. The normalized spacial score (nSPS) is 10.6. The highest BCUT2D eigenvalue weighted by Gasteiger charge is 1.98. The van der Waals surface area contributed by atoms with Gasteiger partial charge in [-0.2, -0.15) is 0 Å². The molecule has 2 aromatic carbocycles. The minimum absolute atomic E-state index is 0.717. The molecule has 0 atom stereocenters. The van der Waals surface area contributed by atoms with Crippen LogP contribution in [0.5, 0.6) is 0 Å². The van der Waals surface area contributed by atoms with Crippen molar-refractivity contribution < 1.29 is 0 Å². The number of anilines is 1. The van der Waals surface area contributed by atoms with Crippen molar-refractivity contribution in [1.82, 2.24) is 9.59 Å². The first kappa shape index (κ1) is 10.2. The Bertz CT molecular complexity index is 619. The van der Waals surface area contributed by atoms with E-state index in [4.69, 9.17) is 0 Å². The van der Waals surface area contributed by atoms with Crippen LogP contribution in [0.3, 0.4) is 0 Å².